The molecule has 0 unspecified atom stereocenters. The van der Waals surface area contributed by atoms with Gasteiger partial charge in [-0.25, -0.2) is 4.79 Å². The minimum absolute atomic E-state index is 0.623. The molecule has 0 saturated carbocycles. The van der Waals surface area contributed by atoms with Gasteiger partial charge in [0.05, 0.1) is 0 Å². The fourth-order valence-electron chi connectivity index (χ4n) is 0.0527. The Balaban J connectivity index is 2.83. The van der Waals surface area contributed by atoms with Gasteiger partial charge in [0.2, 0.25) is 0 Å². The predicted octanol–water partition coefficient (Wildman–Crippen LogP) is 0.270. The minimum atomic E-state index is -0.877. The first-order valence-corrected chi connectivity index (χ1v) is 1.63. The molecule has 0 aliphatic heterocycles. The average Bonchev–Trinajstić information content (AvgIpc) is 1.35. The highest BCUT2D eigenvalue weighted by Crippen LogP contribution is 1.80. The zero-order chi connectivity index (χ0) is 4.99. The van der Waals surface area contributed by atoms with Crippen LogP contribution in [-0.4, -0.2) is 17.2 Å². The quantitative estimate of drug-likeness (QED) is 0.386. The smallest absolute Gasteiger partial charge is 0.402 e. The van der Waals surface area contributed by atoms with E-state index in [4.69, 9.17) is 5.11 Å². The average molecular weight is 107 g/mol. The number of hydrogen-bond acceptors (Lipinski definition) is 3. The molecule has 0 bridgehead atoms. The number of carbonyl (C=O) groups is 1. The van der Waals surface area contributed by atoms with Gasteiger partial charge in [-0.05, 0) is 0 Å². The Morgan fingerprint density at radius 2 is 2.50 bits per heavy atom. The van der Waals surface area contributed by atoms with Crippen molar-refractivity contribution in [2.45, 2.75) is 0 Å². The second-order valence-electron chi connectivity index (χ2n) is 0.523. The molecule has 0 spiro atoms. The summed E-state index contributed by atoms with van der Waals surface area (Å²) in [5.74, 6) is 0. The Labute approximate surface area is 40.3 Å². The summed E-state index contributed by atoms with van der Waals surface area (Å²) in [5.41, 5.74) is 0. The lowest BCUT2D eigenvalue weighted by molar-refractivity contribution is 0.0608. The molecule has 1 N–H and O–H groups in total. The summed E-state index contributed by atoms with van der Waals surface area (Å²) in [6.45, 7) is -0.623. The molecule has 4 heteroatoms. The first-order chi connectivity index (χ1) is 2.77. The second-order valence-corrected chi connectivity index (χ2v) is 0.857. The number of hydrogen-bond donors (Lipinski definition) is 1. The molecule has 0 aromatic carbocycles. The third kappa shape index (κ3) is 3.65. The molecular formula is C2H3O3S. The summed E-state index contributed by atoms with van der Waals surface area (Å²) in [7, 11) is 0. The molecule has 0 aromatic heterocycles. The van der Waals surface area contributed by atoms with Crippen LogP contribution in [0.15, 0.2) is 0 Å². The second kappa shape index (κ2) is 2.87. The molecule has 1 radical (unpaired) electrons. The maximum absolute atomic E-state index is 9.48. The lowest BCUT2D eigenvalue weighted by Crippen LogP contribution is -1.92. The van der Waals surface area contributed by atoms with Crippen molar-refractivity contribution in [2.24, 2.45) is 0 Å². The van der Waals surface area contributed by atoms with Gasteiger partial charge in [-0.15, -0.1) is 0 Å². The first kappa shape index (κ1) is 5.65. The van der Waals surface area contributed by atoms with Crippen LogP contribution in [-0.2, 0) is 4.74 Å². The Hall–Kier alpha value is -0.350. The molecule has 6 heavy (non-hydrogen) atoms. The zero-order valence-electron chi connectivity index (χ0n) is 2.88. The van der Waals surface area contributed by atoms with Gasteiger partial charge in [0.25, 0.3) is 0 Å². The molecule has 0 atom stereocenters. The van der Waals surface area contributed by atoms with Crippen LogP contribution in [0.1, 0.15) is 0 Å². The first-order valence-electron chi connectivity index (χ1n) is 1.22. The highest BCUT2D eigenvalue weighted by atomic mass is 32.1. The zero-order valence-corrected chi connectivity index (χ0v) is 3.70. The number of aliphatic hydroxyl groups excluding tert-OH is 1. The third-order valence-corrected chi connectivity index (χ3v) is 0.300. The van der Waals surface area contributed by atoms with Crippen LogP contribution in [0.5, 0.6) is 0 Å². The van der Waals surface area contributed by atoms with Gasteiger partial charge in [-0.1, -0.05) is 0 Å². The van der Waals surface area contributed by atoms with Crippen LogP contribution in [0.4, 0.5) is 4.79 Å². The molecule has 0 aliphatic rings. The Kier molecular flexibility index (Phi) is 2.70. The van der Waals surface area contributed by atoms with Crippen LogP contribution < -0.4 is 0 Å². The van der Waals surface area contributed by atoms with Gasteiger partial charge >= 0.3 is 5.30 Å². The molecule has 0 amide bonds. The Morgan fingerprint density at radius 1 is 2.00 bits per heavy atom. The monoisotopic (exact) mass is 107 g/mol. The lowest BCUT2D eigenvalue weighted by Gasteiger charge is -1.86. The van der Waals surface area contributed by atoms with Crippen molar-refractivity contribution in [1.82, 2.24) is 0 Å². The van der Waals surface area contributed by atoms with Gasteiger partial charge in [0.1, 0.15) is 0 Å². The Bertz CT molecular complexity index is 52.8. The third-order valence-electron chi connectivity index (χ3n) is 0.182. The predicted molar refractivity (Wildman–Crippen MR) is 21.2 cm³/mol. The van der Waals surface area contributed by atoms with E-state index in [1.807, 2.05) is 0 Å². The van der Waals surface area contributed by atoms with Gasteiger partial charge < -0.3 is 9.84 Å². The maximum Gasteiger partial charge on any atom is 0.402 e. The van der Waals surface area contributed by atoms with Crippen molar-refractivity contribution < 1.29 is 14.6 Å². The van der Waals surface area contributed by atoms with Crippen LogP contribution in [0, 0.1) is 0 Å². The van der Waals surface area contributed by atoms with E-state index in [1.165, 1.54) is 0 Å². The lowest BCUT2D eigenvalue weighted by atomic mass is 11.4. The summed E-state index contributed by atoms with van der Waals surface area (Å²) >= 11 is 3.86. The van der Waals surface area contributed by atoms with E-state index in [0.29, 0.717) is 0 Å². The van der Waals surface area contributed by atoms with E-state index in [-0.39, 0.29) is 0 Å². The summed E-state index contributed by atoms with van der Waals surface area (Å²) < 4.78 is 3.77. The van der Waals surface area contributed by atoms with Crippen LogP contribution in [0.2, 0.25) is 0 Å². The highest BCUT2D eigenvalue weighted by Gasteiger charge is 1.86. The van der Waals surface area contributed by atoms with E-state index in [0.717, 1.165) is 0 Å². The topological polar surface area (TPSA) is 46.5 Å². The largest absolute Gasteiger partial charge is 0.427 e. The van der Waals surface area contributed by atoms with E-state index in [2.05, 4.69) is 17.4 Å². The van der Waals surface area contributed by atoms with Crippen molar-refractivity contribution in [2.75, 3.05) is 6.79 Å². The molecule has 0 rings (SSSR count). The van der Waals surface area contributed by atoms with Crippen molar-refractivity contribution in [3.63, 3.8) is 0 Å². The van der Waals surface area contributed by atoms with Crippen molar-refractivity contribution in [3.05, 3.63) is 0 Å². The molecule has 3 nitrogen and oxygen atoms in total. The number of carbonyl (C=O) groups excluding carboxylic acids is 1. The number of ether oxygens (including phenoxy) is 1. The molecule has 0 heterocycles. The summed E-state index contributed by atoms with van der Waals surface area (Å²) in [4.78, 5) is 9.48. The Morgan fingerprint density at radius 3 is 2.50 bits per heavy atom. The summed E-state index contributed by atoms with van der Waals surface area (Å²) in [6, 6.07) is 0. The van der Waals surface area contributed by atoms with Crippen LogP contribution >= 0.6 is 12.6 Å². The maximum atomic E-state index is 9.48. The van der Waals surface area contributed by atoms with Gasteiger partial charge in [-0.3, -0.25) is 0 Å². The van der Waals surface area contributed by atoms with Gasteiger partial charge in [0, 0.05) is 12.6 Å². The van der Waals surface area contributed by atoms with Crippen LogP contribution in [0.3, 0.4) is 0 Å². The molecule has 0 aromatic rings. The SMILES string of the molecule is O=C([S])OCO. The van der Waals surface area contributed by atoms with Gasteiger partial charge in [0.15, 0.2) is 6.79 Å². The van der Waals surface area contributed by atoms with Crippen molar-refractivity contribution >= 4 is 17.9 Å². The molecule has 0 aliphatic carbocycles. The van der Waals surface area contributed by atoms with Crippen molar-refractivity contribution in [1.29, 1.82) is 0 Å². The normalized spacial score (nSPS) is 7.50. The molecule has 35 valence electrons. The van der Waals surface area contributed by atoms with Crippen molar-refractivity contribution in [3.8, 4) is 0 Å². The van der Waals surface area contributed by atoms with E-state index >= 15 is 0 Å². The fourth-order valence-corrected chi connectivity index (χ4v) is 0.105. The summed E-state index contributed by atoms with van der Waals surface area (Å²) in [6.07, 6.45) is 0. The molecule has 0 saturated heterocycles. The minimum Gasteiger partial charge on any atom is -0.427 e. The van der Waals surface area contributed by atoms with Gasteiger partial charge in [-0.2, -0.15) is 0 Å². The summed E-state index contributed by atoms with van der Waals surface area (Å²) in [5, 5.41) is 6.85. The number of aliphatic hydroxyl groups is 1. The molecular weight excluding hydrogens is 104 g/mol. The number of rotatable bonds is 1. The van der Waals surface area contributed by atoms with E-state index in [1.54, 1.807) is 0 Å². The molecule has 0 fully saturated rings. The highest BCUT2D eigenvalue weighted by molar-refractivity contribution is 7.96. The van der Waals surface area contributed by atoms with E-state index in [9.17, 15) is 4.79 Å². The van der Waals surface area contributed by atoms with Crippen LogP contribution in [0.25, 0.3) is 0 Å². The standard InChI is InChI=1S/C2H3O3S/c3-1-5-2(4)6/h3H,1H2. The fraction of sp³-hybridized carbons (Fsp3) is 0.500. The van der Waals surface area contributed by atoms with E-state index < -0.39 is 12.1 Å².